The van der Waals surface area contributed by atoms with Crippen LogP contribution in [-0.2, 0) is 18.4 Å². The second-order valence-corrected chi connectivity index (χ2v) is 4.13. The van der Waals surface area contributed by atoms with Crippen molar-refractivity contribution < 1.29 is 9.53 Å². The Hall–Kier alpha value is -2.30. The number of carbonyl (C=O) groups excluding carboxylic acids is 1. The molecule has 5 heteroatoms. The van der Waals surface area contributed by atoms with Gasteiger partial charge in [0.25, 0.3) is 0 Å². The SMILES string of the molecule is Cc1cc(N)ccc1C(=O)OCc1ccn(C)n1. The Morgan fingerprint density at radius 3 is 2.83 bits per heavy atom. The third kappa shape index (κ3) is 2.68. The first-order valence-corrected chi connectivity index (χ1v) is 5.58. The van der Waals surface area contributed by atoms with Crippen LogP contribution in [0.15, 0.2) is 30.5 Å². The quantitative estimate of drug-likeness (QED) is 0.659. The number of esters is 1. The summed E-state index contributed by atoms with van der Waals surface area (Å²) in [6, 6.07) is 6.91. The number of anilines is 1. The van der Waals surface area contributed by atoms with Gasteiger partial charge in [0, 0.05) is 18.9 Å². The van der Waals surface area contributed by atoms with Crippen molar-refractivity contribution in [2.24, 2.45) is 7.05 Å². The van der Waals surface area contributed by atoms with E-state index in [0.29, 0.717) is 11.3 Å². The van der Waals surface area contributed by atoms with Crippen LogP contribution in [0.1, 0.15) is 21.6 Å². The molecule has 0 bridgehead atoms. The zero-order valence-electron chi connectivity index (χ0n) is 10.4. The van der Waals surface area contributed by atoms with Gasteiger partial charge in [-0.05, 0) is 36.8 Å². The zero-order valence-corrected chi connectivity index (χ0v) is 10.4. The fraction of sp³-hybridized carbons (Fsp3) is 0.231. The predicted molar refractivity (Wildman–Crippen MR) is 67.9 cm³/mol. The first kappa shape index (κ1) is 12.2. The van der Waals surface area contributed by atoms with Gasteiger partial charge in [-0.3, -0.25) is 4.68 Å². The minimum atomic E-state index is -0.363. The van der Waals surface area contributed by atoms with Crippen LogP contribution in [-0.4, -0.2) is 15.7 Å². The van der Waals surface area contributed by atoms with Crippen molar-refractivity contribution >= 4 is 11.7 Å². The van der Waals surface area contributed by atoms with Crippen molar-refractivity contribution in [3.8, 4) is 0 Å². The van der Waals surface area contributed by atoms with Crippen molar-refractivity contribution in [3.63, 3.8) is 0 Å². The Morgan fingerprint density at radius 1 is 1.44 bits per heavy atom. The Balaban J connectivity index is 2.03. The highest BCUT2D eigenvalue weighted by Crippen LogP contribution is 2.14. The van der Waals surface area contributed by atoms with E-state index in [1.165, 1.54) is 0 Å². The number of hydrogen-bond donors (Lipinski definition) is 1. The van der Waals surface area contributed by atoms with Crippen LogP contribution in [0, 0.1) is 6.92 Å². The Kier molecular flexibility index (Phi) is 3.32. The van der Waals surface area contributed by atoms with Gasteiger partial charge in [-0.1, -0.05) is 0 Å². The highest BCUT2D eigenvalue weighted by Gasteiger charge is 2.11. The van der Waals surface area contributed by atoms with E-state index in [0.717, 1.165) is 11.3 Å². The molecule has 0 fully saturated rings. The van der Waals surface area contributed by atoms with Gasteiger partial charge in [-0.2, -0.15) is 5.10 Å². The molecule has 0 aliphatic rings. The molecule has 0 atom stereocenters. The molecule has 1 heterocycles. The van der Waals surface area contributed by atoms with E-state index in [1.807, 2.05) is 20.0 Å². The van der Waals surface area contributed by atoms with Gasteiger partial charge < -0.3 is 10.5 Å². The van der Waals surface area contributed by atoms with Crippen molar-refractivity contribution in [1.82, 2.24) is 9.78 Å². The molecule has 0 spiro atoms. The fourth-order valence-corrected chi connectivity index (χ4v) is 1.67. The summed E-state index contributed by atoms with van der Waals surface area (Å²) in [5.41, 5.74) is 8.32. The van der Waals surface area contributed by atoms with Crippen molar-refractivity contribution in [2.45, 2.75) is 13.5 Å². The summed E-state index contributed by atoms with van der Waals surface area (Å²) in [7, 11) is 1.81. The average Bonchev–Trinajstić information content (AvgIpc) is 2.72. The van der Waals surface area contributed by atoms with Gasteiger partial charge in [-0.25, -0.2) is 4.79 Å². The largest absolute Gasteiger partial charge is 0.455 e. The van der Waals surface area contributed by atoms with E-state index in [4.69, 9.17) is 10.5 Å². The number of aryl methyl sites for hydroxylation is 2. The molecule has 0 saturated carbocycles. The zero-order chi connectivity index (χ0) is 13.1. The van der Waals surface area contributed by atoms with Crippen LogP contribution < -0.4 is 5.73 Å². The number of hydrogen-bond acceptors (Lipinski definition) is 4. The topological polar surface area (TPSA) is 70.1 Å². The summed E-state index contributed by atoms with van der Waals surface area (Å²) in [4.78, 5) is 11.9. The number of ether oxygens (including phenoxy) is 1. The lowest BCUT2D eigenvalue weighted by molar-refractivity contribution is 0.0466. The van der Waals surface area contributed by atoms with Gasteiger partial charge in [-0.15, -0.1) is 0 Å². The van der Waals surface area contributed by atoms with Gasteiger partial charge in [0.2, 0.25) is 0 Å². The highest BCUT2D eigenvalue weighted by atomic mass is 16.5. The summed E-state index contributed by atoms with van der Waals surface area (Å²) in [5, 5.41) is 4.13. The summed E-state index contributed by atoms with van der Waals surface area (Å²) in [6.45, 7) is 2.00. The van der Waals surface area contributed by atoms with Gasteiger partial charge in [0.05, 0.1) is 11.3 Å². The van der Waals surface area contributed by atoms with E-state index in [1.54, 1.807) is 29.1 Å². The molecule has 0 radical (unpaired) electrons. The van der Waals surface area contributed by atoms with E-state index in [9.17, 15) is 4.79 Å². The molecule has 2 rings (SSSR count). The Labute approximate surface area is 105 Å². The summed E-state index contributed by atoms with van der Waals surface area (Å²) < 4.78 is 6.86. The number of benzene rings is 1. The van der Waals surface area contributed by atoms with Crippen LogP contribution >= 0.6 is 0 Å². The number of nitrogen functional groups attached to an aromatic ring is 1. The summed E-state index contributed by atoms with van der Waals surface area (Å²) in [6.07, 6.45) is 1.80. The number of aromatic nitrogens is 2. The van der Waals surface area contributed by atoms with Gasteiger partial charge in [0.15, 0.2) is 0 Å². The molecule has 0 saturated heterocycles. The molecule has 0 unspecified atom stereocenters. The standard InChI is InChI=1S/C13H15N3O2/c1-9-7-10(14)3-4-12(9)13(17)18-8-11-5-6-16(2)15-11/h3-7H,8,14H2,1-2H3. The molecule has 2 N–H and O–H groups in total. The van der Waals surface area contributed by atoms with Crippen LogP contribution in [0.3, 0.4) is 0 Å². The number of nitrogens with two attached hydrogens (primary N) is 1. The number of nitrogens with zero attached hydrogens (tertiary/aromatic N) is 2. The maximum atomic E-state index is 11.9. The lowest BCUT2D eigenvalue weighted by Crippen LogP contribution is -2.08. The molecule has 18 heavy (non-hydrogen) atoms. The van der Waals surface area contributed by atoms with Crippen LogP contribution in [0.25, 0.3) is 0 Å². The second kappa shape index (κ2) is 4.91. The van der Waals surface area contributed by atoms with E-state index in [-0.39, 0.29) is 12.6 Å². The smallest absolute Gasteiger partial charge is 0.338 e. The minimum Gasteiger partial charge on any atom is -0.455 e. The Morgan fingerprint density at radius 2 is 2.22 bits per heavy atom. The van der Waals surface area contributed by atoms with E-state index < -0.39 is 0 Å². The molecular formula is C13H15N3O2. The fourth-order valence-electron chi connectivity index (χ4n) is 1.67. The molecule has 0 aliphatic carbocycles. The minimum absolute atomic E-state index is 0.170. The highest BCUT2D eigenvalue weighted by molar-refractivity contribution is 5.91. The van der Waals surface area contributed by atoms with Crippen molar-refractivity contribution in [1.29, 1.82) is 0 Å². The lowest BCUT2D eigenvalue weighted by Gasteiger charge is -2.06. The lowest BCUT2D eigenvalue weighted by atomic mass is 10.1. The molecule has 94 valence electrons. The third-order valence-corrected chi connectivity index (χ3v) is 2.59. The first-order valence-electron chi connectivity index (χ1n) is 5.58. The van der Waals surface area contributed by atoms with Crippen LogP contribution in [0.5, 0.6) is 0 Å². The van der Waals surface area contributed by atoms with Crippen LogP contribution in [0.4, 0.5) is 5.69 Å². The second-order valence-electron chi connectivity index (χ2n) is 4.13. The maximum Gasteiger partial charge on any atom is 0.338 e. The third-order valence-electron chi connectivity index (χ3n) is 2.59. The summed E-state index contributed by atoms with van der Waals surface area (Å²) >= 11 is 0. The maximum absolute atomic E-state index is 11.9. The van der Waals surface area contributed by atoms with Crippen molar-refractivity contribution in [2.75, 3.05) is 5.73 Å². The van der Waals surface area contributed by atoms with Gasteiger partial charge >= 0.3 is 5.97 Å². The average molecular weight is 245 g/mol. The predicted octanol–water partition coefficient (Wildman–Crippen LogP) is 1.67. The molecule has 0 amide bonds. The Bertz CT molecular complexity index is 575. The normalized spacial score (nSPS) is 10.3. The van der Waals surface area contributed by atoms with Crippen LogP contribution in [0.2, 0.25) is 0 Å². The van der Waals surface area contributed by atoms with Gasteiger partial charge in [0.1, 0.15) is 6.61 Å². The molecule has 1 aromatic carbocycles. The van der Waals surface area contributed by atoms with E-state index in [2.05, 4.69) is 5.10 Å². The summed E-state index contributed by atoms with van der Waals surface area (Å²) in [5.74, 6) is -0.363. The monoisotopic (exact) mass is 245 g/mol. The van der Waals surface area contributed by atoms with E-state index >= 15 is 0 Å². The molecule has 0 aliphatic heterocycles. The molecular weight excluding hydrogens is 230 g/mol. The first-order chi connectivity index (χ1) is 8.56. The number of rotatable bonds is 3. The molecule has 1 aromatic heterocycles. The molecule has 2 aromatic rings. The number of carbonyl (C=O) groups is 1. The van der Waals surface area contributed by atoms with Crippen molar-refractivity contribution in [3.05, 3.63) is 47.3 Å². The molecule has 5 nitrogen and oxygen atoms in total.